The van der Waals surface area contributed by atoms with Crippen LogP contribution in [0.15, 0.2) is 53.7 Å². The van der Waals surface area contributed by atoms with Gasteiger partial charge in [-0.25, -0.2) is 4.98 Å². The zero-order valence-electron chi connectivity index (χ0n) is 12.0. The van der Waals surface area contributed by atoms with Crippen LogP contribution in [0.4, 0.5) is 0 Å². The minimum atomic E-state index is 0.0253. The van der Waals surface area contributed by atoms with Gasteiger partial charge in [-0.15, -0.1) is 0 Å². The molecule has 0 aromatic carbocycles. The van der Waals surface area contributed by atoms with E-state index in [9.17, 15) is 4.79 Å². The van der Waals surface area contributed by atoms with Gasteiger partial charge < -0.3 is 14.5 Å². The monoisotopic (exact) mass is 282 g/mol. The van der Waals surface area contributed by atoms with Gasteiger partial charge in [0.1, 0.15) is 5.65 Å². The molecule has 21 heavy (non-hydrogen) atoms. The van der Waals surface area contributed by atoms with Gasteiger partial charge in [0, 0.05) is 49.7 Å². The van der Waals surface area contributed by atoms with E-state index in [1.807, 2.05) is 25.4 Å². The first-order chi connectivity index (χ1) is 10.3. The summed E-state index contributed by atoms with van der Waals surface area (Å²) in [6, 6.07) is 9.25. The fourth-order valence-corrected chi connectivity index (χ4v) is 2.56. The highest BCUT2D eigenvalue weighted by Crippen LogP contribution is 2.19. The Bertz CT molecular complexity index is 803. The van der Waals surface area contributed by atoms with Crippen molar-refractivity contribution in [3.8, 4) is 0 Å². The molecule has 0 fully saturated rings. The molecule has 0 aliphatic carbocycles. The topological polar surface area (TPSA) is 51.9 Å². The third-order valence-electron chi connectivity index (χ3n) is 3.56. The number of nitrogens with zero attached hydrogens (tertiary/aromatic N) is 3. The highest BCUT2D eigenvalue weighted by Gasteiger charge is 2.08. The van der Waals surface area contributed by atoms with Crippen molar-refractivity contribution in [3.63, 3.8) is 0 Å². The smallest absolute Gasteiger partial charge is 0.250 e. The summed E-state index contributed by atoms with van der Waals surface area (Å²) >= 11 is 0. The second-order valence-corrected chi connectivity index (χ2v) is 4.98. The van der Waals surface area contributed by atoms with Gasteiger partial charge in [-0.2, -0.15) is 0 Å². The summed E-state index contributed by atoms with van der Waals surface area (Å²) in [4.78, 5) is 16.2. The van der Waals surface area contributed by atoms with Crippen LogP contribution in [-0.4, -0.2) is 21.2 Å². The van der Waals surface area contributed by atoms with Crippen LogP contribution >= 0.6 is 0 Å². The van der Waals surface area contributed by atoms with E-state index >= 15 is 0 Å². The Balaban J connectivity index is 1.90. The first-order valence-corrected chi connectivity index (χ1v) is 7.02. The number of aryl methyl sites for hydroxylation is 2. The number of fused-ring (bicyclic) bond motifs is 1. The summed E-state index contributed by atoms with van der Waals surface area (Å²) in [6.45, 7) is 2.17. The molecule has 5 heteroatoms. The number of hydrogen-bond donors (Lipinski definition) is 1. The SMILES string of the molecule is CNCc1cn(CCn2ccccc2=O)c2ncccc12. The van der Waals surface area contributed by atoms with Gasteiger partial charge in [0.15, 0.2) is 0 Å². The number of pyridine rings is 2. The lowest BCUT2D eigenvalue weighted by Gasteiger charge is -2.07. The molecule has 3 aromatic rings. The molecule has 108 valence electrons. The van der Waals surface area contributed by atoms with Crippen molar-refractivity contribution in [2.45, 2.75) is 19.6 Å². The summed E-state index contributed by atoms with van der Waals surface area (Å²) in [5, 5.41) is 4.34. The van der Waals surface area contributed by atoms with Gasteiger partial charge in [0.2, 0.25) is 0 Å². The predicted octanol–water partition coefficient (Wildman–Crippen LogP) is 1.62. The highest BCUT2D eigenvalue weighted by atomic mass is 16.1. The molecule has 0 amide bonds. The molecule has 0 unspecified atom stereocenters. The lowest BCUT2D eigenvalue weighted by Crippen LogP contribution is -2.20. The maximum atomic E-state index is 11.7. The van der Waals surface area contributed by atoms with Crippen molar-refractivity contribution >= 4 is 11.0 Å². The van der Waals surface area contributed by atoms with Gasteiger partial charge >= 0.3 is 0 Å². The number of aromatic nitrogens is 3. The predicted molar refractivity (Wildman–Crippen MR) is 83.2 cm³/mol. The molecule has 0 atom stereocenters. The molecule has 0 aliphatic rings. The quantitative estimate of drug-likeness (QED) is 0.773. The zero-order valence-corrected chi connectivity index (χ0v) is 12.0. The largest absolute Gasteiger partial charge is 0.330 e. The van der Waals surface area contributed by atoms with Crippen molar-refractivity contribution in [1.82, 2.24) is 19.4 Å². The van der Waals surface area contributed by atoms with Crippen LogP contribution in [0.2, 0.25) is 0 Å². The number of nitrogens with one attached hydrogen (secondary N) is 1. The Morgan fingerprint density at radius 1 is 1.14 bits per heavy atom. The molecule has 3 aromatic heterocycles. The summed E-state index contributed by atoms with van der Waals surface area (Å²) in [5.74, 6) is 0. The molecule has 0 bridgehead atoms. The van der Waals surface area contributed by atoms with Gasteiger partial charge in [-0.3, -0.25) is 4.79 Å². The summed E-state index contributed by atoms with van der Waals surface area (Å²) in [5.41, 5.74) is 2.21. The summed E-state index contributed by atoms with van der Waals surface area (Å²) < 4.78 is 3.83. The number of rotatable bonds is 5. The fourth-order valence-electron chi connectivity index (χ4n) is 2.56. The molecule has 0 spiro atoms. The Morgan fingerprint density at radius 2 is 2.00 bits per heavy atom. The Labute approximate surface area is 122 Å². The van der Waals surface area contributed by atoms with E-state index in [0.29, 0.717) is 6.54 Å². The molecule has 0 aliphatic heterocycles. The van der Waals surface area contributed by atoms with Crippen molar-refractivity contribution in [1.29, 1.82) is 0 Å². The van der Waals surface area contributed by atoms with Gasteiger partial charge in [-0.05, 0) is 30.8 Å². The molecule has 1 N–H and O–H groups in total. The molecule has 0 saturated heterocycles. The Kier molecular flexibility index (Phi) is 3.83. The fraction of sp³-hybridized carbons (Fsp3) is 0.250. The minimum Gasteiger partial charge on any atom is -0.330 e. The van der Waals surface area contributed by atoms with Gasteiger partial charge in [0.05, 0.1) is 0 Å². The van der Waals surface area contributed by atoms with Crippen molar-refractivity contribution in [2.75, 3.05) is 7.05 Å². The van der Waals surface area contributed by atoms with Crippen molar-refractivity contribution in [2.24, 2.45) is 0 Å². The van der Waals surface area contributed by atoms with E-state index in [1.54, 1.807) is 22.9 Å². The first-order valence-electron chi connectivity index (χ1n) is 7.02. The molecule has 3 heterocycles. The van der Waals surface area contributed by atoms with E-state index in [1.165, 1.54) is 5.56 Å². The van der Waals surface area contributed by atoms with Crippen molar-refractivity contribution in [3.05, 3.63) is 64.8 Å². The lowest BCUT2D eigenvalue weighted by atomic mass is 10.2. The average Bonchev–Trinajstić information content (AvgIpc) is 2.85. The van der Waals surface area contributed by atoms with E-state index in [4.69, 9.17) is 0 Å². The van der Waals surface area contributed by atoms with Crippen LogP contribution in [0.3, 0.4) is 0 Å². The minimum absolute atomic E-state index is 0.0253. The third kappa shape index (κ3) is 2.73. The van der Waals surface area contributed by atoms with E-state index in [0.717, 1.165) is 24.1 Å². The highest BCUT2D eigenvalue weighted by molar-refractivity contribution is 5.80. The maximum absolute atomic E-state index is 11.7. The van der Waals surface area contributed by atoms with Crippen LogP contribution in [0, 0.1) is 0 Å². The molecular formula is C16H18N4O. The maximum Gasteiger partial charge on any atom is 0.250 e. The lowest BCUT2D eigenvalue weighted by molar-refractivity contribution is 0.573. The van der Waals surface area contributed by atoms with Gasteiger partial charge in [-0.1, -0.05) is 6.07 Å². The van der Waals surface area contributed by atoms with E-state index in [2.05, 4.69) is 27.1 Å². The molecular weight excluding hydrogens is 264 g/mol. The van der Waals surface area contributed by atoms with E-state index in [-0.39, 0.29) is 5.56 Å². The second kappa shape index (κ2) is 5.93. The second-order valence-electron chi connectivity index (χ2n) is 4.98. The summed E-state index contributed by atoms with van der Waals surface area (Å²) in [7, 11) is 1.93. The first kappa shape index (κ1) is 13.6. The van der Waals surface area contributed by atoms with Crippen LogP contribution in [0.25, 0.3) is 11.0 Å². The van der Waals surface area contributed by atoms with Crippen LogP contribution in [0.5, 0.6) is 0 Å². The van der Waals surface area contributed by atoms with Crippen LogP contribution in [0.1, 0.15) is 5.56 Å². The molecule has 3 rings (SSSR count). The Hall–Kier alpha value is -2.40. The van der Waals surface area contributed by atoms with E-state index < -0.39 is 0 Å². The summed E-state index contributed by atoms with van der Waals surface area (Å²) in [6.07, 6.45) is 5.73. The van der Waals surface area contributed by atoms with Crippen molar-refractivity contribution < 1.29 is 0 Å². The standard InChI is InChI=1S/C16H18N4O/c1-17-11-13-12-20(16-14(13)5-4-7-18-16)10-9-19-8-3-2-6-15(19)21/h2-8,12,17H,9-11H2,1H3. The third-order valence-corrected chi connectivity index (χ3v) is 3.56. The normalized spacial score (nSPS) is 11.1. The molecule has 0 saturated carbocycles. The molecule has 5 nitrogen and oxygen atoms in total. The molecule has 0 radical (unpaired) electrons. The van der Waals surface area contributed by atoms with Crippen LogP contribution < -0.4 is 10.9 Å². The number of hydrogen-bond acceptors (Lipinski definition) is 3. The Morgan fingerprint density at radius 3 is 2.81 bits per heavy atom. The average molecular weight is 282 g/mol. The van der Waals surface area contributed by atoms with Gasteiger partial charge in [0.25, 0.3) is 5.56 Å². The van der Waals surface area contributed by atoms with Crippen LogP contribution in [-0.2, 0) is 19.6 Å². The zero-order chi connectivity index (χ0) is 14.7.